The van der Waals surface area contributed by atoms with Crippen molar-refractivity contribution in [2.24, 2.45) is 0 Å². The van der Waals surface area contributed by atoms with Crippen molar-refractivity contribution in [2.45, 2.75) is 27.3 Å². The Morgan fingerprint density at radius 3 is 2.45 bits per heavy atom. The monoisotopic (exact) mass is 599 g/mol. The molecule has 0 spiro atoms. The summed E-state index contributed by atoms with van der Waals surface area (Å²) in [6, 6.07) is 7.83. The summed E-state index contributed by atoms with van der Waals surface area (Å²) < 4.78 is 7.53. The van der Waals surface area contributed by atoms with Crippen LogP contribution < -0.4 is 27.2 Å². The highest BCUT2D eigenvalue weighted by Gasteiger charge is 2.37. The Bertz CT molecular complexity index is 1660. The second-order valence-corrected chi connectivity index (χ2v) is 10.6. The molecule has 3 amide bonds. The van der Waals surface area contributed by atoms with Gasteiger partial charge in [-0.2, -0.15) is 0 Å². The maximum Gasteiger partial charge on any atom is 0.416 e. The number of fused-ring (bicyclic) bond motifs is 1. The number of amides is 3. The van der Waals surface area contributed by atoms with E-state index >= 15 is 0 Å². The smallest absolute Gasteiger partial charge is 0.416 e. The van der Waals surface area contributed by atoms with Gasteiger partial charge in [0.05, 0.1) is 53.4 Å². The first kappa shape index (κ1) is 30.9. The fourth-order valence-corrected chi connectivity index (χ4v) is 5.80. The third-order valence-electron chi connectivity index (χ3n) is 7.70. The second kappa shape index (κ2) is 12.9. The number of aryl methyl sites for hydroxylation is 2. The minimum Gasteiger partial charge on any atom is -0.462 e. The molecule has 0 atom stereocenters. The maximum atomic E-state index is 13.9. The average molecular weight is 600 g/mol. The molecule has 3 aromatic rings. The Morgan fingerprint density at radius 1 is 1.12 bits per heavy atom. The number of urea groups is 1. The van der Waals surface area contributed by atoms with Gasteiger partial charge in [0.2, 0.25) is 5.91 Å². The highest BCUT2D eigenvalue weighted by Crippen LogP contribution is 2.25. The third kappa shape index (κ3) is 5.83. The molecule has 0 saturated carbocycles. The lowest BCUT2D eigenvalue weighted by molar-refractivity contribution is -0.851. The maximum absolute atomic E-state index is 13.9. The van der Waals surface area contributed by atoms with Crippen molar-refractivity contribution in [2.75, 3.05) is 52.9 Å². The lowest BCUT2D eigenvalue weighted by Gasteiger charge is -2.38. The quantitative estimate of drug-likeness (QED) is 0.263. The number of aromatic nitrogens is 2. The van der Waals surface area contributed by atoms with Gasteiger partial charge in [0.15, 0.2) is 0 Å². The predicted molar refractivity (Wildman–Crippen MR) is 159 cm³/mol. The molecule has 0 radical (unpaired) electrons. The van der Waals surface area contributed by atoms with Crippen LogP contribution in [0.5, 0.6) is 0 Å². The molecular weight excluding hydrogens is 564 g/mol. The number of carbonyl (C=O) groups excluding carboxylic acids is 3. The number of hydrogen-bond donors (Lipinski definition) is 3. The predicted octanol–water partition coefficient (Wildman–Crippen LogP) is 1.47. The molecule has 1 aliphatic heterocycles. The van der Waals surface area contributed by atoms with E-state index in [0.29, 0.717) is 43.9 Å². The molecule has 42 heavy (non-hydrogen) atoms. The van der Waals surface area contributed by atoms with E-state index in [2.05, 4.69) is 16.0 Å². The molecule has 0 bridgehead atoms. The van der Waals surface area contributed by atoms with Crippen molar-refractivity contribution in [3.8, 4) is 5.69 Å². The van der Waals surface area contributed by atoms with Crippen molar-refractivity contribution in [3.05, 3.63) is 72.9 Å². The van der Waals surface area contributed by atoms with Crippen LogP contribution in [0, 0.1) is 13.8 Å². The molecule has 1 saturated heterocycles. The first-order valence-electron chi connectivity index (χ1n) is 13.8. The molecule has 12 nitrogen and oxygen atoms in total. The van der Waals surface area contributed by atoms with Gasteiger partial charge in [-0.1, -0.05) is 23.7 Å². The first-order valence-corrected chi connectivity index (χ1v) is 14.2. The summed E-state index contributed by atoms with van der Waals surface area (Å²) in [5, 5.41) is 9.05. The topological polar surface area (TPSA) is 141 Å². The van der Waals surface area contributed by atoms with E-state index in [1.807, 2.05) is 0 Å². The van der Waals surface area contributed by atoms with Gasteiger partial charge in [0, 0.05) is 20.1 Å². The number of halogens is 1. The molecule has 1 fully saturated rings. The second-order valence-electron chi connectivity index (χ2n) is 10.2. The normalized spacial score (nSPS) is 14.4. The fraction of sp³-hybridized carbons (Fsp3) is 0.414. The Kier molecular flexibility index (Phi) is 9.50. The van der Waals surface area contributed by atoms with E-state index in [1.165, 1.54) is 10.6 Å². The summed E-state index contributed by atoms with van der Waals surface area (Å²) in [6.45, 7) is 7.84. The van der Waals surface area contributed by atoms with Crippen LogP contribution in [0.25, 0.3) is 16.6 Å². The van der Waals surface area contributed by atoms with Gasteiger partial charge in [0.25, 0.3) is 5.56 Å². The van der Waals surface area contributed by atoms with Crippen LogP contribution in [-0.2, 0) is 16.1 Å². The van der Waals surface area contributed by atoms with Gasteiger partial charge in [0.1, 0.15) is 13.1 Å². The van der Waals surface area contributed by atoms with Crippen LogP contribution in [0.15, 0.2) is 39.9 Å². The number of rotatable bonds is 8. The molecule has 1 aliphatic rings. The zero-order chi connectivity index (χ0) is 30.6. The van der Waals surface area contributed by atoms with E-state index < -0.39 is 29.7 Å². The minimum absolute atomic E-state index is 0.0981. The van der Waals surface area contributed by atoms with Crippen molar-refractivity contribution in [3.63, 3.8) is 0 Å². The summed E-state index contributed by atoms with van der Waals surface area (Å²) in [5.74, 6) is -1.06. The standard InChI is InChI=1S/C29H35ClN6O6/c1-5-42-27(39)24-18(2)16-22-25(19(24)3)26(38)35(21-9-7-6-8-20(21)30)29(41)34(22)17-23(37)33-12-15-36(28(40)31-4)13-10-32-11-14-36/h6-9,16,32H,5,10-15,17H2,1-4H3,(H-,31,33,37,40)/p+1. The van der Waals surface area contributed by atoms with Gasteiger partial charge in [-0.3, -0.25) is 14.2 Å². The molecule has 2 aromatic carbocycles. The van der Waals surface area contributed by atoms with Gasteiger partial charge in [-0.25, -0.2) is 23.4 Å². The summed E-state index contributed by atoms with van der Waals surface area (Å²) >= 11 is 6.39. The van der Waals surface area contributed by atoms with Crippen molar-refractivity contribution >= 4 is 40.4 Å². The van der Waals surface area contributed by atoms with Crippen LogP contribution in [-0.4, -0.2) is 84.4 Å². The number of nitrogens with one attached hydrogen (secondary N) is 3. The number of ether oxygens (including phenoxy) is 1. The van der Waals surface area contributed by atoms with Crippen LogP contribution in [0.1, 0.15) is 28.4 Å². The van der Waals surface area contributed by atoms with Gasteiger partial charge in [-0.05, 0) is 50.1 Å². The number of piperazine rings is 1. The molecule has 3 N–H and O–H groups in total. The highest BCUT2D eigenvalue weighted by molar-refractivity contribution is 6.32. The molecule has 0 unspecified atom stereocenters. The molecular formula is C29H36ClN6O6+. The summed E-state index contributed by atoms with van der Waals surface area (Å²) in [7, 11) is 1.59. The zero-order valence-corrected chi connectivity index (χ0v) is 25.0. The van der Waals surface area contributed by atoms with E-state index in [1.54, 1.807) is 52.1 Å². The van der Waals surface area contributed by atoms with E-state index in [4.69, 9.17) is 16.3 Å². The highest BCUT2D eigenvalue weighted by atomic mass is 35.5. The Balaban J connectivity index is 1.78. The Hall–Kier alpha value is -4.00. The lowest BCUT2D eigenvalue weighted by Crippen LogP contribution is -2.65. The average Bonchev–Trinajstić information content (AvgIpc) is 2.96. The van der Waals surface area contributed by atoms with Crippen molar-refractivity contribution in [1.82, 2.24) is 25.1 Å². The third-order valence-corrected chi connectivity index (χ3v) is 8.02. The number of hydrogen-bond acceptors (Lipinski definition) is 7. The van der Waals surface area contributed by atoms with Gasteiger partial charge >= 0.3 is 17.7 Å². The molecule has 13 heteroatoms. The number of nitrogens with zero attached hydrogens (tertiary/aromatic N) is 3. The Labute approximate surface area is 247 Å². The number of benzene rings is 2. The molecule has 0 aliphatic carbocycles. The van der Waals surface area contributed by atoms with Gasteiger partial charge < -0.3 is 20.7 Å². The van der Waals surface area contributed by atoms with E-state index in [0.717, 1.165) is 4.57 Å². The summed E-state index contributed by atoms with van der Waals surface area (Å²) in [5.41, 5.74) is -0.00756. The fourth-order valence-electron chi connectivity index (χ4n) is 5.58. The first-order chi connectivity index (χ1) is 20.1. The molecule has 2 heterocycles. The lowest BCUT2D eigenvalue weighted by atomic mass is 9.98. The van der Waals surface area contributed by atoms with Crippen LogP contribution in [0.3, 0.4) is 0 Å². The number of para-hydroxylation sites is 1. The van der Waals surface area contributed by atoms with Crippen LogP contribution >= 0.6 is 11.6 Å². The summed E-state index contributed by atoms with van der Waals surface area (Å²) in [4.78, 5) is 66.5. The SMILES string of the molecule is CCOC(=O)c1c(C)cc2c(c1C)c(=O)n(-c1ccccc1Cl)c(=O)n2CC(=O)NCC[N+]1(C(=O)NC)CCNCC1. The largest absolute Gasteiger partial charge is 0.462 e. The van der Waals surface area contributed by atoms with Crippen LogP contribution in [0.2, 0.25) is 5.02 Å². The Morgan fingerprint density at radius 2 is 1.81 bits per heavy atom. The van der Waals surface area contributed by atoms with E-state index in [-0.39, 0.29) is 50.8 Å². The van der Waals surface area contributed by atoms with Crippen molar-refractivity contribution < 1.29 is 23.6 Å². The molecule has 1 aromatic heterocycles. The zero-order valence-electron chi connectivity index (χ0n) is 24.2. The number of carbonyl (C=O) groups is 3. The van der Waals surface area contributed by atoms with E-state index in [9.17, 15) is 24.0 Å². The minimum atomic E-state index is -0.755. The number of esters is 1. The van der Waals surface area contributed by atoms with Crippen molar-refractivity contribution in [1.29, 1.82) is 0 Å². The van der Waals surface area contributed by atoms with Crippen LogP contribution in [0.4, 0.5) is 4.79 Å². The van der Waals surface area contributed by atoms with Gasteiger partial charge in [-0.15, -0.1) is 0 Å². The molecule has 4 rings (SSSR count). The molecule has 224 valence electrons. The number of quaternary nitrogens is 1. The summed E-state index contributed by atoms with van der Waals surface area (Å²) in [6.07, 6.45) is 0.